The summed E-state index contributed by atoms with van der Waals surface area (Å²) < 4.78 is 65.2. The molecular weight excluding hydrogens is 753 g/mol. The van der Waals surface area contributed by atoms with E-state index in [-0.39, 0.29) is 33.0 Å². The average molecular weight is 805 g/mol. The van der Waals surface area contributed by atoms with Gasteiger partial charge in [-0.15, -0.1) is 0 Å². The van der Waals surface area contributed by atoms with Crippen molar-refractivity contribution in [1.29, 1.82) is 0 Å². The smallest absolute Gasteiger partial charge is 0.187 e. The standard InChI is InChI=1S/C48H52O11/c1-50-47-43(40(49)41-39(56-47)32-55-46(58-41)37-25-15-6-16-26-37)59-48-45(54-30-36-23-13-5-14-24-36)44(53-29-35-21-11-4-12-22-35)42(52-28-34-19-9-3-10-20-34)38(57-48)31-51-27-33-17-7-2-8-18-33/h2-26,38-49H,27-32H2,1H3/t38-,39-,40+,41-,42-,43-,44+,45-,46?,47+,48-/m1/s1. The summed E-state index contributed by atoms with van der Waals surface area (Å²) in [5, 5.41) is 12.1. The Balaban J connectivity index is 1.11. The van der Waals surface area contributed by atoms with Gasteiger partial charge in [-0.25, -0.2) is 0 Å². The normalized spacial score (nSPS) is 29.4. The van der Waals surface area contributed by atoms with Gasteiger partial charge >= 0.3 is 0 Å². The summed E-state index contributed by atoms with van der Waals surface area (Å²) in [6.45, 7) is 1.47. The third-order valence-corrected chi connectivity index (χ3v) is 10.7. The third kappa shape index (κ3) is 10.7. The fraction of sp³-hybridized carbons (Fsp3) is 0.375. The SMILES string of the molecule is CO[C@H]1O[C@@H]2COC(c3ccccc3)O[C@H]2[C@H](O)[C@H]1O[C@H]1O[C@H](COCc2ccccc2)[C@@H](OCc2ccccc2)[C@H](OCc2ccccc2)[C@H]1OCc1ccccc1. The number of fused-ring (bicyclic) bond motifs is 1. The molecule has 310 valence electrons. The molecule has 11 atom stereocenters. The first-order chi connectivity index (χ1) is 29.1. The number of benzene rings is 5. The predicted octanol–water partition coefficient (Wildman–Crippen LogP) is 6.92. The first kappa shape index (κ1) is 41.4. The van der Waals surface area contributed by atoms with Crippen LogP contribution in [-0.2, 0) is 73.8 Å². The Bertz CT molecular complexity index is 1940. The molecule has 5 aromatic carbocycles. The van der Waals surface area contributed by atoms with Crippen LogP contribution < -0.4 is 0 Å². The highest BCUT2D eigenvalue weighted by atomic mass is 16.8. The van der Waals surface area contributed by atoms with E-state index >= 15 is 0 Å². The van der Waals surface area contributed by atoms with E-state index in [4.69, 9.17) is 47.4 Å². The molecule has 11 heteroatoms. The predicted molar refractivity (Wildman–Crippen MR) is 216 cm³/mol. The average Bonchev–Trinajstić information content (AvgIpc) is 3.30. The largest absolute Gasteiger partial charge is 0.387 e. The summed E-state index contributed by atoms with van der Waals surface area (Å²) >= 11 is 0. The molecule has 1 unspecified atom stereocenters. The summed E-state index contributed by atoms with van der Waals surface area (Å²) in [6, 6.07) is 49.3. The number of aliphatic hydroxyl groups is 1. The van der Waals surface area contributed by atoms with Crippen molar-refractivity contribution in [1.82, 2.24) is 0 Å². The minimum Gasteiger partial charge on any atom is -0.387 e. The molecule has 3 saturated heterocycles. The number of aliphatic hydroxyl groups excluding tert-OH is 1. The van der Waals surface area contributed by atoms with Crippen molar-refractivity contribution < 1.29 is 52.5 Å². The molecule has 3 aliphatic rings. The molecular formula is C48H52O11. The van der Waals surface area contributed by atoms with Crippen molar-refractivity contribution in [3.05, 3.63) is 179 Å². The molecule has 5 aromatic rings. The Morgan fingerprint density at radius 1 is 0.525 bits per heavy atom. The van der Waals surface area contributed by atoms with E-state index in [0.29, 0.717) is 6.61 Å². The molecule has 3 aliphatic heterocycles. The number of ether oxygens (including phenoxy) is 10. The molecule has 11 nitrogen and oxygen atoms in total. The zero-order chi connectivity index (χ0) is 40.2. The highest BCUT2D eigenvalue weighted by Crippen LogP contribution is 2.38. The van der Waals surface area contributed by atoms with Gasteiger partial charge in [-0.2, -0.15) is 0 Å². The van der Waals surface area contributed by atoms with Gasteiger partial charge in [0.2, 0.25) is 0 Å². The summed E-state index contributed by atoms with van der Waals surface area (Å²) in [6.07, 6.45) is -9.42. The van der Waals surface area contributed by atoms with Gasteiger partial charge in [0.25, 0.3) is 0 Å². The van der Waals surface area contributed by atoms with Crippen molar-refractivity contribution in [2.24, 2.45) is 0 Å². The van der Waals surface area contributed by atoms with Crippen LogP contribution in [-0.4, -0.2) is 86.8 Å². The zero-order valence-electron chi connectivity index (χ0n) is 33.1. The van der Waals surface area contributed by atoms with Crippen molar-refractivity contribution in [3.8, 4) is 0 Å². The number of hydrogen-bond donors (Lipinski definition) is 1. The summed E-state index contributed by atoms with van der Waals surface area (Å²) in [5.74, 6) is 0. The van der Waals surface area contributed by atoms with E-state index < -0.39 is 67.7 Å². The summed E-state index contributed by atoms with van der Waals surface area (Å²) in [5.41, 5.74) is 4.76. The van der Waals surface area contributed by atoms with Gasteiger partial charge in [-0.05, 0) is 22.3 Å². The van der Waals surface area contributed by atoms with Crippen LogP contribution in [0.4, 0.5) is 0 Å². The van der Waals surface area contributed by atoms with Crippen molar-refractivity contribution >= 4 is 0 Å². The number of rotatable bonds is 17. The molecule has 0 saturated carbocycles. The van der Waals surface area contributed by atoms with Crippen LogP contribution >= 0.6 is 0 Å². The zero-order valence-corrected chi connectivity index (χ0v) is 33.1. The number of hydrogen-bond acceptors (Lipinski definition) is 11. The van der Waals surface area contributed by atoms with Crippen molar-refractivity contribution in [3.63, 3.8) is 0 Å². The highest BCUT2D eigenvalue weighted by molar-refractivity contribution is 5.18. The molecule has 0 amide bonds. The molecule has 0 spiro atoms. The molecule has 0 bridgehead atoms. The van der Waals surface area contributed by atoms with Crippen LogP contribution in [0.5, 0.6) is 0 Å². The van der Waals surface area contributed by atoms with Crippen molar-refractivity contribution in [2.75, 3.05) is 20.3 Å². The first-order valence-corrected chi connectivity index (χ1v) is 20.2. The van der Waals surface area contributed by atoms with Gasteiger partial charge in [0.05, 0.1) is 39.6 Å². The fourth-order valence-corrected chi connectivity index (χ4v) is 7.69. The molecule has 1 N–H and O–H groups in total. The molecule has 0 radical (unpaired) electrons. The van der Waals surface area contributed by atoms with Crippen LogP contribution in [0.1, 0.15) is 34.1 Å². The Morgan fingerprint density at radius 3 is 1.56 bits per heavy atom. The molecule has 8 rings (SSSR count). The maximum atomic E-state index is 12.1. The van der Waals surface area contributed by atoms with Gasteiger partial charge in [-0.3, -0.25) is 0 Å². The van der Waals surface area contributed by atoms with Gasteiger partial charge < -0.3 is 52.5 Å². The Morgan fingerprint density at radius 2 is 1.02 bits per heavy atom. The fourth-order valence-electron chi connectivity index (χ4n) is 7.69. The monoisotopic (exact) mass is 804 g/mol. The maximum Gasteiger partial charge on any atom is 0.187 e. The first-order valence-electron chi connectivity index (χ1n) is 20.2. The minimum atomic E-state index is -1.20. The van der Waals surface area contributed by atoms with Crippen LogP contribution in [0.2, 0.25) is 0 Å². The van der Waals surface area contributed by atoms with E-state index in [1.165, 1.54) is 7.11 Å². The lowest BCUT2D eigenvalue weighted by Crippen LogP contribution is -2.66. The molecule has 3 heterocycles. The highest BCUT2D eigenvalue weighted by Gasteiger charge is 2.55. The van der Waals surface area contributed by atoms with E-state index in [2.05, 4.69) is 0 Å². The quantitative estimate of drug-likeness (QED) is 0.106. The van der Waals surface area contributed by atoms with Crippen LogP contribution in [0.15, 0.2) is 152 Å². The van der Waals surface area contributed by atoms with E-state index in [0.717, 1.165) is 27.8 Å². The lowest BCUT2D eigenvalue weighted by atomic mass is 9.96. The Labute approximate surface area is 345 Å². The second-order valence-corrected chi connectivity index (χ2v) is 14.9. The van der Waals surface area contributed by atoms with Gasteiger partial charge in [0.15, 0.2) is 18.9 Å². The third-order valence-electron chi connectivity index (χ3n) is 10.7. The lowest BCUT2D eigenvalue weighted by Gasteiger charge is -2.50. The van der Waals surface area contributed by atoms with E-state index in [1.54, 1.807) is 0 Å². The van der Waals surface area contributed by atoms with Crippen LogP contribution in [0, 0.1) is 0 Å². The van der Waals surface area contributed by atoms with Gasteiger partial charge in [0, 0.05) is 12.7 Å². The second kappa shape index (κ2) is 20.8. The Hall–Kier alpha value is -4.34. The van der Waals surface area contributed by atoms with Gasteiger partial charge in [-0.1, -0.05) is 152 Å². The van der Waals surface area contributed by atoms with E-state index in [1.807, 2.05) is 152 Å². The molecule has 3 fully saturated rings. The Kier molecular flexibility index (Phi) is 14.6. The molecule has 59 heavy (non-hydrogen) atoms. The molecule has 0 aliphatic carbocycles. The maximum absolute atomic E-state index is 12.1. The minimum absolute atomic E-state index is 0.145. The van der Waals surface area contributed by atoms with Crippen molar-refractivity contribution in [2.45, 2.75) is 94.1 Å². The topological polar surface area (TPSA) is 113 Å². The molecule has 0 aromatic heterocycles. The lowest BCUT2D eigenvalue weighted by molar-refractivity contribution is -0.396. The number of methoxy groups -OCH3 is 1. The van der Waals surface area contributed by atoms with Crippen LogP contribution in [0.3, 0.4) is 0 Å². The summed E-state index contributed by atoms with van der Waals surface area (Å²) in [4.78, 5) is 0. The van der Waals surface area contributed by atoms with E-state index in [9.17, 15) is 5.11 Å². The van der Waals surface area contributed by atoms with Gasteiger partial charge in [0.1, 0.15) is 48.8 Å². The second-order valence-electron chi connectivity index (χ2n) is 14.9. The summed E-state index contributed by atoms with van der Waals surface area (Å²) in [7, 11) is 1.51. The van der Waals surface area contributed by atoms with Crippen LogP contribution in [0.25, 0.3) is 0 Å².